The molecule has 0 aromatic rings. The zero-order chi connectivity index (χ0) is 14.3. The van der Waals surface area contributed by atoms with Crippen molar-refractivity contribution in [1.82, 2.24) is 0 Å². The minimum absolute atomic E-state index is 0. The van der Waals surface area contributed by atoms with Gasteiger partial charge in [-0.05, 0) is 0 Å². The van der Waals surface area contributed by atoms with Gasteiger partial charge in [0, 0.05) is 19.5 Å². The summed E-state index contributed by atoms with van der Waals surface area (Å²) in [4.78, 5) is 0. The summed E-state index contributed by atoms with van der Waals surface area (Å²) in [5.41, 5.74) is 0. The van der Waals surface area contributed by atoms with Gasteiger partial charge in [0.25, 0.3) is 0 Å². The number of halogens is 12. The van der Waals surface area contributed by atoms with E-state index in [4.69, 9.17) is 0 Å². The van der Waals surface area contributed by atoms with E-state index in [-0.39, 0.29) is 19.5 Å². The van der Waals surface area contributed by atoms with Gasteiger partial charge in [-0.15, -0.1) is 0 Å². The average Bonchev–Trinajstić information content (AvgIpc) is 1.76. The summed E-state index contributed by atoms with van der Waals surface area (Å²) in [7, 11) is -16.5. The second-order valence-corrected chi connectivity index (χ2v) is 2.30. The van der Waals surface area contributed by atoms with Gasteiger partial charge in [-0.25, -0.2) is 0 Å². The summed E-state index contributed by atoms with van der Waals surface area (Å²) in [5.74, 6) is 0. The molecule has 0 spiro atoms. The van der Waals surface area contributed by atoms with E-state index in [1.807, 2.05) is 0 Å². The van der Waals surface area contributed by atoms with Crippen LogP contribution in [0.15, 0.2) is 0 Å². The molecule has 0 nitrogen and oxygen atoms in total. The van der Waals surface area contributed by atoms with Gasteiger partial charge in [-0.2, -0.15) is 50.4 Å². The van der Waals surface area contributed by atoms with Crippen LogP contribution in [-0.4, -0.2) is 0 Å². The van der Waals surface area contributed by atoms with Crippen molar-refractivity contribution in [3.63, 3.8) is 0 Å². The molecule has 0 heterocycles. The molecule has 0 aliphatic rings. The summed E-state index contributed by atoms with van der Waals surface area (Å²) in [6.45, 7) is 0. The van der Waals surface area contributed by atoms with Gasteiger partial charge in [0.15, 0.2) is 0 Å². The standard InChI is InChI=1S/4F3P.Rh/c4*1-4(2)3;. The van der Waals surface area contributed by atoms with Gasteiger partial charge in [0.1, 0.15) is 0 Å². The van der Waals surface area contributed by atoms with E-state index in [9.17, 15) is 50.4 Å². The summed E-state index contributed by atoms with van der Waals surface area (Å²) in [6, 6.07) is 0. The predicted octanol–water partition coefficient (Wildman–Crippen LogP) is 8.48. The predicted molar refractivity (Wildman–Crippen MR) is 41.0 cm³/mol. The largest absolute Gasteiger partial charge is 0.456 e. The van der Waals surface area contributed by atoms with Crippen molar-refractivity contribution in [3.05, 3.63) is 0 Å². The molecule has 0 saturated heterocycles. The fourth-order valence-corrected chi connectivity index (χ4v) is 0. The first-order valence-corrected chi connectivity index (χ1v) is 6.09. The van der Waals surface area contributed by atoms with Crippen LogP contribution in [0, 0.1) is 0 Å². The third-order valence-electron chi connectivity index (χ3n) is 0. The summed E-state index contributed by atoms with van der Waals surface area (Å²) >= 11 is 0. The minimum Gasteiger partial charge on any atom is -0.152 e. The molecule has 0 amide bonds. The van der Waals surface area contributed by atoms with E-state index in [0.29, 0.717) is 0 Å². The van der Waals surface area contributed by atoms with E-state index in [2.05, 4.69) is 0 Å². The number of hydrogen-bond acceptors (Lipinski definition) is 0. The van der Waals surface area contributed by atoms with Crippen LogP contribution < -0.4 is 0 Å². The van der Waals surface area contributed by atoms with Gasteiger partial charge in [0.2, 0.25) is 0 Å². The minimum atomic E-state index is -4.12. The second kappa shape index (κ2) is 26.1. The third kappa shape index (κ3) is 1860. The first-order valence-electron chi connectivity index (χ1n) is 2.03. The van der Waals surface area contributed by atoms with Crippen molar-refractivity contribution in [3.8, 4) is 0 Å². The molecule has 0 aromatic carbocycles. The monoisotopic (exact) mass is 455 g/mol. The van der Waals surface area contributed by atoms with E-state index >= 15 is 0 Å². The summed E-state index contributed by atoms with van der Waals surface area (Å²) < 4.78 is 117. The molecule has 17 heteroatoms. The van der Waals surface area contributed by atoms with Crippen LogP contribution in [0.3, 0.4) is 0 Å². The Hall–Kier alpha value is 1.50. The first-order chi connectivity index (χ1) is 6.93. The summed E-state index contributed by atoms with van der Waals surface area (Å²) in [5, 5.41) is 0. The Morgan fingerprint density at radius 1 is 0.294 bits per heavy atom. The maximum absolute atomic E-state index is 9.73. The topological polar surface area (TPSA) is 0 Å². The molecule has 0 rings (SSSR count). The normalized spacial score (nSPS) is 8.47. The molecule has 0 unspecified atom stereocenters. The van der Waals surface area contributed by atoms with Crippen LogP contribution in [-0.2, 0) is 19.5 Å². The van der Waals surface area contributed by atoms with E-state index in [0.717, 1.165) is 0 Å². The fourth-order valence-electron chi connectivity index (χ4n) is 0. The van der Waals surface area contributed by atoms with Crippen molar-refractivity contribution >= 4 is 35.4 Å². The van der Waals surface area contributed by atoms with Gasteiger partial charge < -0.3 is 0 Å². The molecule has 0 bridgehead atoms. The Bertz CT molecular complexity index is 61.5. The van der Waals surface area contributed by atoms with Crippen LogP contribution >= 0.6 is 35.4 Å². The van der Waals surface area contributed by atoms with Crippen LogP contribution in [0.1, 0.15) is 0 Å². The molecule has 17 heavy (non-hydrogen) atoms. The molecule has 0 saturated carbocycles. The molecule has 0 aliphatic carbocycles. The smallest absolute Gasteiger partial charge is 0.152 e. The molecule has 0 fully saturated rings. The number of hydrogen-bond donors (Lipinski definition) is 0. The van der Waals surface area contributed by atoms with Crippen molar-refractivity contribution in [2.45, 2.75) is 0 Å². The van der Waals surface area contributed by atoms with Crippen LogP contribution in [0.2, 0.25) is 0 Å². The Morgan fingerprint density at radius 2 is 0.294 bits per heavy atom. The number of rotatable bonds is 0. The molecule has 0 atom stereocenters. The van der Waals surface area contributed by atoms with E-state index in [1.54, 1.807) is 0 Å². The molecular weight excluding hydrogens is 455 g/mol. The average molecular weight is 455 g/mol. The van der Waals surface area contributed by atoms with E-state index < -0.39 is 35.4 Å². The van der Waals surface area contributed by atoms with Crippen LogP contribution in [0.4, 0.5) is 50.4 Å². The van der Waals surface area contributed by atoms with Crippen LogP contribution in [0.5, 0.6) is 0 Å². The molecular formula is F12P4Rh. The zero-order valence-corrected chi connectivity index (χ0v) is 11.9. The molecule has 0 aliphatic heterocycles. The van der Waals surface area contributed by atoms with Crippen molar-refractivity contribution in [2.75, 3.05) is 0 Å². The van der Waals surface area contributed by atoms with Crippen molar-refractivity contribution in [2.24, 2.45) is 0 Å². The van der Waals surface area contributed by atoms with Gasteiger partial charge in [-0.1, -0.05) is 0 Å². The van der Waals surface area contributed by atoms with E-state index in [1.165, 1.54) is 0 Å². The van der Waals surface area contributed by atoms with Crippen molar-refractivity contribution < 1.29 is 69.8 Å². The van der Waals surface area contributed by atoms with Crippen LogP contribution in [0.25, 0.3) is 0 Å². The van der Waals surface area contributed by atoms with Crippen molar-refractivity contribution in [1.29, 1.82) is 0 Å². The molecule has 0 aromatic heterocycles. The Morgan fingerprint density at radius 3 is 0.294 bits per heavy atom. The maximum Gasteiger partial charge on any atom is 0.456 e. The van der Waals surface area contributed by atoms with Gasteiger partial charge >= 0.3 is 35.4 Å². The van der Waals surface area contributed by atoms with Gasteiger partial charge in [0.05, 0.1) is 0 Å². The molecule has 1 radical (unpaired) electrons. The summed E-state index contributed by atoms with van der Waals surface area (Å²) in [6.07, 6.45) is 0. The molecule has 113 valence electrons. The third-order valence-corrected chi connectivity index (χ3v) is 0. The van der Waals surface area contributed by atoms with Gasteiger partial charge in [-0.3, -0.25) is 0 Å². The maximum atomic E-state index is 9.73. The Balaban J connectivity index is -0.0000000369. The Kier molecular flexibility index (Phi) is 47.8. The zero-order valence-electron chi connectivity index (χ0n) is 6.66. The second-order valence-electron chi connectivity index (χ2n) is 0.767. The SMILES string of the molecule is FP(F)F.FP(F)F.FP(F)F.FP(F)F.[Rh]. The fraction of sp³-hybridized carbons (Fsp3) is 0. The molecule has 0 N–H and O–H groups in total. The first kappa shape index (κ1) is 31.1. The quantitative estimate of drug-likeness (QED) is 0.195. The Labute approximate surface area is 106 Å².